The van der Waals surface area contributed by atoms with Gasteiger partial charge in [-0.05, 0) is 0 Å². The molecule has 0 aliphatic carbocycles. The molecule has 1 heteroatoms. The van der Waals surface area contributed by atoms with Crippen LogP contribution in [-0.4, -0.2) is 0 Å². The molecule has 0 heterocycles. The lowest BCUT2D eigenvalue weighted by Gasteiger charge is -2.17. The minimum atomic E-state index is -0.581. The van der Waals surface area contributed by atoms with Crippen LogP contribution in [-0.2, 0) is 5.54 Å². The molecule has 0 bridgehead atoms. The second kappa shape index (κ2) is 4.20. The average Bonchev–Trinajstić information content (AvgIpc) is 2.40. The molecular weight excluding hydrogens is 194 g/mol. The molecule has 16 heavy (non-hydrogen) atoms. The molecule has 0 aromatic heterocycles. The Balaban J connectivity index is 2.55. The summed E-state index contributed by atoms with van der Waals surface area (Å²) >= 11 is 0. The highest BCUT2D eigenvalue weighted by Gasteiger charge is 2.34. The molecule has 0 saturated carbocycles. The van der Waals surface area contributed by atoms with Gasteiger partial charge in [-0.15, -0.1) is 0 Å². The van der Waals surface area contributed by atoms with Crippen molar-refractivity contribution in [2.75, 3.05) is 0 Å². The van der Waals surface area contributed by atoms with Gasteiger partial charge in [-0.1, -0.05) is 60.7 Å². The lowest BCUT2D eigenvalue weighted by molar-refractivity contribution is 0.718. The molecule has 0 saturated heterocycles. The molecule has 0 N–H and O–H groups in total. The summed E-state index contributed by atoms with van der Waals surface area (Å²) in [5.41, 5.74) is 1.50. The molecule has 0 aliphatic rings. The maximum atomic E-state index is 7.46. The van der Waals surface area contributed by atoms with Crippen molar-refractivity contribution in [3.05, 3.63) is 83.2 Å². The molecule has 0 atom stereocenters. The highest BCUT2D eigenvalue weighted by molar-refractivity contribution is 5.40. The molecule has 2 aromatic carbocycles. The fourth-order valence-corrected chi connectivity index (χ4v) is 1.82. The van der Waals surface area contributed by atoms with Crippen LogP contribution in [0.3, 0.4) is 0 Å². The molecule has 0 aliphatic heterocycles. The van der Waals surface area contributed by atoms with Gasteiger partial charge < -0.3 is 4.85 Å². The van der Waals surface area contributed by atoms with E-state index >= 15 is 0 Å². The van der Waals surface area contributed by atoms with Gasteiger partial charge in [0, 0.05) is 18.1 Å². The Bertz CT molecular complexity index is 454. The molecule has 2 rings (SSSR count). The zero-order chi connectivity index (χ0) is 11.4. The first kappa shape index (κ1) is 10.4. The molecule has 1 nitrogen and oxygen atoms in total. The van der Waals surface area contributed by atoms with E-state index in [1.54, 1.807) is 0 Å². The van der Waals surface area contributed by atoms with Gasteiger partial charge in [0.05, 0.1) is 0 Å². The summed E-state index contributed by atoms with van der Waals surface area (Å²) in [5, 5.41) is 0. The minimum Gasteiger partial charge on any atom is -0.300 e. The van der Waals surface area contributed by atoms with E-state index in [9.17, 15) is 0 Å². The van der Waals surface area contributed by atoms with Crippen LogP contribution < -0.4 is 0 Å². The Kier molecular flexibility index (Phi) is 2.74. The van der Waals surface area contributed by atoms with Crippen molar-refractivity contribution in [3.8, 4) is 0 Å². The minimum absolute atomic E-state index is 0.581. The second-order valence-electron chi connectivity index (χ2n) is 3.92. The van der Waals surface area contributed by atoms with Gasteiger partial charge in [0.2, 0.25) is 0 Å². The van der Waals surface area contributed by atoms with E-state index in [-0.39, 0.29) is 0 Å². The highest BCUT2D eigenvalue weighted by Crippen LogP contribution is 2.32. The topological polar surface area (TPSA) is 4.36 Å². The predicted molar refractivity (Wildman–Crippen MR) is 65.9 cm³/mol. The molecule has 0 radical (unpaired) electrons. The van der Waals surface area contributed by atoms with Crippen LogP contribution in [0.25, 0.3) is 4.85 Å². The summed E-state index contributed by atoms with van der Waals surface area (Å²) < 4.78 is 0. The normalized spacial score (nSPS) is 10.8. The Morgan fingerprint density at radius 2 is 1.19 bits per heavy atom. The largest absolute Gasteiger partial charge is 0.300 e. The van der Waals surface area contributed by atoms with Crippen molar-refractivity contribution in [1.29, 1.82) is 0 Å². The first-order chi connectivity index (χ1) is 7.77. The third-order valence-corrected chi connectivity index (χ3v) is 2.90. The fraction of sp³-hybridized carbons (Fsp3) is 0.133. The standard InChI is InChI=1S/C15H13N/c1-15(16-2,13-9-5-3-6-10-13)14-11-7-4-8-12-14/h3-12H,1H3. The summed E-state index contributed by atoms with van der Waals surface area (Å²) in [5.74, 6) is 0. The first-order valence-electron chi connectivity index (χ1n) is 5.27. The van der Waals surface area contributed by atoms with Crippen molar-refractivity contribution < 1.29 is 0 Å². The number of benzene rings is 2. The van der Waals surface area contributed by atoms with Crippen LogP contribution in [0.2, 0.25) is 0 Å². The maximum Gasteiger partial charge on any atom is 0.279 e. The summed E-state index contributed by atoms with van der Waals surface area (Å²) in [4.78, 5) is 3.81. The van der Waals surface area contributed by atoms with Gasteiger partial charge in [0.25, 0.3) is 5.54 Å². The van der Waals surface area contributed by atoms with E-state index in [4.69, 9.17) is 6.57 Å². The van der Waals surface area contributed by atoms with Crippen molar-refractivity contribution in [2.45, 2.75) is 12.5 Å². The number of hydrogen-bond acceptors (Lipinski definition) is 0. The molecule has 0 amide bonds. The summed E-state index contributed by atoms with van der Waals surface area (Å²) in [6.45, 7) is 9.42. The van der Waals surface area contributed by atoms with Gasteiger partial charge in [0.1, 0.15) is 0 Å². The zero-order valence-electron chi connectivity index (χ0n) is 9.22. The maximum absolute atomic E-state index is 7.46. The summed E-state index contributed by atoms with van der Waals surface area (Å²) in [7, 11) is 0. The number of rotatable bonds is 2. The molecule has 0 spiro atoms. The highest BCUT2D eigenvalue weighted by atomic mass is 14.8. The van der Waals surface area contributed by atoms with Crippen molar-refractivity contribution in [1.82, 2.24) is 0 Å². The van der Waals surface area contributed by atoms with Crippen LogP contribution in [0.4, 0.5) is 0 Å². The van der Waals surface area contributed by atoms with Crippen LogP contribution in [0.5, 0.6) is 0 Å². The lowest BCUT2D eigenvalue weighted by atomic mass is 9.85. The van der Waals surface area contributed by atoms with Crippen LogP contribution in [0.1, 0.15) is 18.1 Å². The quantitative estimate of drug-likeness (QED) is 0.658. The summed E-state index contributed by atoms with van der Waals surface area (Å²) in [6, 6.07) is 19.9. The number of nitrogens with zero attached hydrogens (tertiary/aromatic N) is 1. The SMILES string of the molecule is [C-]#[N+]C(C)(c1ccccc1)c1ccccc1. The van der Waals surface area contributed by atoms with Gasteiger partial charge in [-0.25, -0.2) is 6.57 Å². The Morgan fingerprint density at radius 1 is 0.812 bits per heavy atom. The first-order valence-corrected chi connectivity index (χ1v) is 5.27. The van der Waals surface area contributed by atoms with Gasteiger partial charge in [-0.2, -0.15) is 0 Å². The third-order valence-electron chi connectivity index (χ3n) is 2.90. The Hall–Kier alpha value is -2.07. The van der Waals surface area contributed by atoms with E-state index in [0.717, 1.165) is 11.1 Å². The molecule has 0 unspecified atom stereocenters. The van der Waals surface area contributed by atoms with E-state index in [1.807, 2.05) is 67.6 Å². The fourth-order valence-electron chi connectivity index (χ4n) is 1.82. The summed E-state index contributed by atoms with van der Waals surface area (Å²) in [6.07, 6.45) is 0. The van der Waals surface area contributed by atoms with E-state index < -0.39 is 5.54 Å². The molecular formula is C15H13N. The lowest BCUT2D eigenvalue weighted by Crippen LogP contribution is -2.18. The van der Waals surface area contributed by atoms with E-state index in [0.29, 0.717) is 0 Å². The predicted octanol–water partition coefficient (Wildman–Crippen LogP) is 3.87. The van der Waals surface area contributed by atoms with Gasteiger partial charge in [-0.3, -0.25) is 0 Å². The third kappa shape index (κ3) is 1.70. The average molecular weight is 207 g/mol. The van der Waals surface area contributed by atoms with E-state index in [1.165, 1.54) is 0 Å². The van der Waals surface area contributed by atoms with E-state index in [2.05, 4.69) is 4.85 Å². The Morgan fingerprint density at radius 3 is 1.50 bits per heavy atom. The van der Waals surface area contributed by atoms with Crippen molar-refractivity contribution >= 4 is 0 Å². The van der Waals surface area contributed by atoms with Crippen LogP contribution in [0.15, 0.2) is 60.7 Å². The smallest absolute Gasteiger partial charge is 0.279 e. The van der Waals surface area contributed by atoms with Crippen molar-refractivity contribution in [2.24, 2.45) is 0 Å². The molecule has 0 fully saturated rings. The second-order valence-corrected chi connectivity index (χ2v) is 3.92. The van der Waals surface area contributed by atoms with Crippen LogP contribution >= 0.6 is 0 Å². The van der Waals surface area contributed by atoms with Gasteiger partial charge >= 0.3 is 0 Å². The van der Waals surface area contributed by atoms with Crippen LogP contribution in [0, 0.1) is 6.57 Å². The monoisotopic (exact) mass is 207 g/mol. The Labute approximate surface area is 96.2 Å². The zero-order valence-corrected chi connectivity index (χ0v) is 9.22. The van der Waals surface area contributed by atoms with Crippen molar-refractivity contribution in [3.63, 3.8) is 0 Å². The van der Waals surface area contributed by atoms with Gasteiger partial charge in [0.15, 0.2) is 0 Å². The number of hydrogen-bond donors (Lipinski definition) is 0. The molecule has 2 aromatic rings. The molecule has 78 valence electrons.